The van der Waals surface area contributed by atoms with Gasteiger partial charge in [-0.05, 0) is 47.6 Å². The zero-order valence-electron chi connectivity index (χ0n) is 16.4. The maximum atomic E-state index is 11.4. The number of amides is 1. The van der Waals surface area contributed by atoms with Crippen LogP contribution in [0.4, 0.5) is 10.6 Å². The van der Waals surface area contributed by atoms with Gasteiger partial charge in [0.15, 0.2) is 0 Å². The van der Waals surface area contributed by atoms with E-state index in [-0.39, 0.29) is 23.3 Å². The van der Waals surface area contributed by atoms with Crippen molar-refractivity contribution >= 4 is 24.5 Å². The minimum atomic E-state index is -0.867. The van der Waals surface area contributed by atoms with Gasteiger partial charge in [-0.1, -0.05) is 6.07 Å². The fourth-order valence-corrected chi connectivity index (χ4v) is 3.59. The van der Waals surface area contributed by atoms with Crippen molar-refractivity contribution in [1.82, 2.24) is 9.88 Å². The van der Waals surface area contributed by atoms with E-state index in [1.54, 1.807) is 6.20 Å². The summed E-state index contributed by atoms with van der Waals surface area (Å²) in [6, 6.07) is 3.77. The molecule has 0 unspecified atom stereocenters. The molecule has 1 amide bonds. The molecule has 0 spiro atoms. The van der Waals surface area contributed by atoms with Crippen LogP contribution in [-0.4, -0.2) is 64.6 Å². The Bertz CT molecular complexity index is 652. The second-order valence-electron chi connectivity index (χ2n) is 8.33. The van der Waals surface area contributed by atoms with Crippen LogP contribution in [0.15, 0.2) is 18.3 Å². The molecule has 0 aliphatic carbocycles. The Hall–Kier alpha value is -1.80. The molecule has 26 heavy (non-hydrogen) atoms. The van der Waals surface area contributed by atoms with Gasteiger partial charge in [-0.3, -0.25) is 4.90 Å². The zero-order chi connectivity index (χ0) is 19.3. The largest absolute Gasteiger partial charge is 0.496 e. The first kappa shape index (κ1) is 19.0. The summed E-state index contributed by atoms with van der Waals surface area (Å²) in [5.74, 6) is 0.842. The van der Waals surface area contributed by atoms with Crippen molar-refractivity contribution < 1.29 is 19.2 Å². The quantitative estimate of drug-likeness (QED) is 0.812. The van der Waals surface area contributed by atoms with Gasteiger partial charge in [0.2, 0.25) is 0 Å². The predicted molar refractivity (Wildman–Crippen MR) is 101 cm³/mol. The number of carboxylic acid groups (broad SMARTS) is 1. The van der Waals surface area contributed by atoms with Crippen molar-refractivity contribution in [2.24, 2.45) is 0 Å². The molecule has 0 saturated carbocycles. The van der Waals surface area contributed by atoms with Crippen LogP contribution in [0, 0.1) is 0 Å². The maximum absolute atomic E-state index is 11.4. The van der Waals surface area contributed by atoms with Crippen LogP contribution in [0.25, 0.3) is 0 Å². The molecule has 2 aliphatic heterocycles. The summed E-state index contributed by atoms with van der Waals surface area (Å²) in [5, 5.41) is 9.34. The first-order chi connectivity index (χ1) is 12.0. The third kappa shape index (κ3) is 3.28. The highest BCUT2D eigenvalue weighted by atomic mass is 16.7. The molecular weight excluding hydrogens is 333 g/mol. The molecule has 0 bridgehead atoms. The molecule has 2 saturated heterocycles. The van der Waals surface area contributed by atoms with Crippen molar-refractivity contribution in [2.75, 3.05) is 18.0 Å². The van der Waals surface area contributed by atoms with Gasteiger partial charge in [-0.25, -0.2) is 9.78 Å². The third-order valence-corrected chi connectivity index (χ3v) is 5.76. The number of hydrogen-bond donors (Lipinski definition) is 1. The standard InChI is InChI=1S/C18H28BN3O4/c1-12-10-21(11-13(2)22(12)16(23)24)15-8-7-14(9-20-15)19-25-17(3,4)18(5,6)26-19/h7-9,12-13H,10-11H2,1-6H3,(H,23,24)/t12-,13+. The number of hydrogen-bond acceptors (Lipinski definition) is 5. The topological polar surface area (TPSA) is 75.1 Å². The van der Waals surface area contributed by atoms with Crippen molar-refractivity contribution in [1.29, 1.82) is 0 Å². The molecule has 1 aromatic heterocycles. The van der Waals surface area contributed by atoms with Gasteiger partial charge in [0, 0.05) is 24.7 Å². The number of pyridine rings is 1. The van der Waals surface area contributed by atoms with Gasteiger partial charge >= 0.3 is 13.2 Å². The summed E-state index contributed by atoms with van der Waals surface area (Å²) in [5.41, 5.74) is 0.126. The van der Waals surface area contributed by atoms with Gasteiger partial charge in [0.1, 0.15) is 5.82 Å². The van der Waals surface area contributed by atoms with Crippen LogP contribution in [0.2, 0.25) is 0 Å². The van der Waals surface area contributed by atoms with Crippen LogP contribution < -0.4 is 10.4 Å². The number of piperazine rings is 1. The van der Waals surface area contributed by atoms with Crippen LogP contribution >= 0.6 is 0 Å². The minimum absolute atomic E-state index is 0.0826. The Morgan fingerprint density at radius 1 is 1.15 bits per heavy atom. The van der Waals surface area contributed by atoms with Crippen molar-refractivity contribution in [3.63, 3.8) is 0 Å². The van der Waals surface area contributed by atoms with E-state index in [1.807, 2.05) is 53.7 Å². The lowest BCUT2D eigenvalue weighted by Gasteiger charge is -2.43. The van der Waals surface area contributed by atoms with Crippen molar-refractivity contribution in [3.05, 3.63) is 18.3 Å². The Labute approximate surface area is 155 Å². The van der Waals surface area contributed by atoms with Crippen molar-refractivity contribution in [3.8, 4) is 0 Å². The molecule has 2 aliphatic rings. The normalized spacial score (nSPS) is 27.7. The molecule has 3 heterocycles. The van der Waals surface area contributed by atoms with E-state index in [0.717, 1.165) is 11.3 Å². The van der Waals surface area contributed by atoms with Gasteiger partial charge < -0.3 is 19.3 Å². The zero-order valence-corrected chi connectivity index (χ0v) is 16.4. The lowest BCUT2D eigenvalue weighted by Crippen LogP contribution is -2.58. The summed E-state index contributed by atoms with van der Waals surface area (Å²) >= 11 is 0. The summed E-state index contributed by atoms with van der Waals surface area (Å²) in [6.07, 6.45) is 0.921. The first-order valence-corrected chi connectivity index (χ1v) is 9.09. The summed E-state index contributed by atoms with van der Waals surface area (Å²) in [7, 11) is -0.428. The molecule has 1 N–H and O–H groups in total. The highest BCUT2D eigenvalue weighted by Crippen LogP contribution is 2.36. The second kappa shape index (κ2) is 6.42. The van der Waals surface area contributed by atoms with E-state index in [0.29, 0.717) is 13.1 Å². The Balaban J connectivity index is 1.72. The fourth-order valence-electron chi connectivity index (χ4n) is 3.59. The van der Waals surface area contributed by atoms with Crippen LogP contribution in [0.3, 0.4) is 0 Å². The van der Waals surface area contributed by atoms with E-state index >= 15 is 0 Å². The Kier molecular flexibility index (Phi) is 4.69. The van der Waals surface area contributed by atoms with Crippen molar-refractivity contribution in [2.45, 2.75) is 64.8 Å². The lowest BCUT2D eigenvalue weighted by atomic mass is 9.80. The summed E-state index contributed by atoms with van der Waals surface area (Å²) in [4.78, 5) is 19.6. The van der Waals surface area contributed by atoms with E-state index < -0.39 is 13.2 Å². The average molecular weight is 361 g/mol. The molecule has 7 nitrogen and oxygen atoms in total. The number of carbonyl (C=O) groups is 1. The lowest BCUT2D eigenvalue weighted by molar-refractivity contribution is 0.00578. The summed E-state index contributed by atoms with van der Waals surface area (Å²) in [6.45, 7) is 13.2. The molecule has 0 radical (unpaired) electrons. The van der Waals surface area contributed by atoms with E-state index in [4.69, 9.17) is 9.31 Å². The molecule has 8 heteroatoms. The molecule has 3 rings (SSSR count). The smallest absolute Gasteiger partial charge is 0.465 e. The van der Waals surface area contributed by atoms with E-state index in [1.165, 1.54) is 4.90 Å². The Morgan fingerprint density at radius 3 is 2.12 bits per heavy atom. The molecule has 2 atom stereocenters. The monoisotopic (exact) mass is 361 g/mol. The number of rotatable bonds is 2. The summed E-state index contributed by atoms with van der Waals surface area (Å²) < 4.78 is 12.1. The molecule has 1 aromatic rings. The number of nitrogens with zero attached hydrogens (tertiary/aromatic N) is 3. The Morgan fingerprint density at radius 2 is 1.69 bits per heavy atom. The van der Waals surface area contributed by atoms with Gasteiger partial charge in [-0.15, -0.1) is 0 Å². The van der Waals surface area contributed by atoms with Crippen LogP contribution in [0.1, 0.15) is 41.5 Å². The number of aromatic nitrogens is 1. The van der Waals surface area contributed by atoms with Gasteiger partial charge in [-0.2, -0.15) is 0 Å². The maximum Gasteiger partial charge on any atom is 0.496 e. The van der Waals surface area contributed by atoms with Gasteiger partial charge in [0.05, 0.1) is 23.3 Å². The highest BCUT2D eigenvalue weighted by molar-refractivity contribution is 6.62. The minimum Gasteiger partial charge on any atom is -0.465 e. The molecule has 2 fully saturated rings. The predicted octanol–water partition coefficient (Wildman–Crippen LogP) is 1.96. The van der Waals surface area contributed by atoms with Crippen LogP contribution in [-0.2, 0) is 9.31 Å². The number of anilines is 1. The van der Waals surface area contributed by atoms with Gasteiger partial charge in [0.25, 0.3) is 0 Å². The molecule has 142 valence electrons. The van der Waals surface area contributed by atoms with E-state index in [2.05, 4.69) is 9.88 Å². The van der Waals surface area contributed by atoms with Crippen LogP contribution in [0.5, 0.6) is 0 Å². The average Bonchev–Trinajstić information content (AvgIpc) is 2.74. The van der Waals surface area contributed by atoms with E-state index in [9.17, 15) is 9.90 Å². The fraction of sp³-hybridized carbons (Fsp3) is 0.667. The third-order valence-electron chi connectivity index (χ3n) is 5.76. The SMILES string of the molecule is C[C@@H]1CN(c2ccc(B3OC(C)(C)C(C)(C)O3)cn2)C[C@H](C)N1C(=O)O. The first-order valence-electron chi connectivity index (χ1n) is 9.09. The second-order valence-corrected chi connectivity index (χ2v) is 8.33. The molecule has 0 aromatic carbocycles. The molecular formula is C18H28BN3O4. The highest BCUT2D eigenvalue weighted by Gasteiger charge is 2.51.